The minimum absolute atomic E-state index is 0.110. The highest BCUT2D eigenvalue weighted by Gasteiger charge is 2.14. The lowest BCUT2D eigenvalue weighted by Crippen LogP contribution is -2.31. The fourth-order valence-corrected chi connectivity index (χ4v) is 2.95. The molecular weight excluding hydrogens is 352 g/mol. The molecular formula is C22H26N4O2. The highest BCUT2D eigenvalue weighted by Crippen LogP contribution is 2.25. The Morgan fingerprint density at radius 2 is 1.86 bits per heavy atom. The molecule has 0 bridgehead atoms. The van der Waals surface area contributed by atoms with Crippen LogP contribution in [0, 0.1) is 6.92 Å². The largest absolute Gasteiger partial charge is 0.383 e. The first-order valence-corrected chi connectivity index (χ1v) is 9.34. The number of rotatable bonds is 9. The minimum Gasteiger partial charge on any atom is -0.383 e. The maximum Gasteiger partial charge on any atom is 0.239 e. The van der Waals surface area contributed by atoms with E-state index < -0.39 is 0 Å². The second-order valence-corrected chi connectivity index (χ2v) is 6.59. The summed E-state index contributed by atoms with van der Waals surface area (Å²) in [7, 11) is 1.64. The fraction of sp³-hybridized carbons (Fsp3) is 0.273. The monoisotopic (exact) mass is 378 g/mol. The molecule has 0 saturated carbocycles. The van der Waals surface area contributed by atoms with Crippen molar-refractivity contribution in [1.82, 2.24) is 15.1 Å². The molecule has 2 N–H and O–H groups in total. The van der Waals surface area contributed by atoms with E-state index in [4.69, 9.17) is 9.84 Å². The molecule has 0 atom stereocenters. The van der Waals surface area contributed by atoms with Crippen LogP contribution in [0.4, 0.5) is 5.82 Å². The quantitative estimate of drug-likeness (QED) is 0.562. The number of aromatic nitrogens is 2. The van der Waals surface area contributed by atoms with E-state index in [1.807, 2.05) is 59.3 Å². The number of amides is 1. The van der Waals surface area contributed by atoms with Crippen molar-refractivity contribution in [3.8, 4) is 11.3 Å². The molecule has 0 aliphatic heterocycles. The molecule has 146 valence electrons. The summed E-state index contributed by atoms with van der Waals surface area (Å²) in [6, 6.07) is 20.1. The summed E-state index contributed by atoms with van der Waals surface area (Å²) in [5.41, 5.74) is 4.17. The summed E-state index contributed by atoms with van der Waals surface area (Å²) in [6.45, 7) is 4.06. The summed E-state index contributed by atoms with van der Waals surface area (Å²) in [6.07, 6.45) is 0. The molecule has 0 aliphatic carbocycles. The number of hydrogen-bond acceptors (Lipinski definition) is 4. The average Bonchev–Trinajstić information content (AvgIpc) is 3.08. The molecule has 0 spiro atoms. The van der Waals surface area contributed by atoms with Gasteiger partial charge in [-0.1, -0.05) is 54.6 Å². The minimum atomic E-state index is -0.110. The number of benzene rings is 2. The van der Waals surface area contributed by atoms with E-state index >= 15 is 0 Å². The van der Waals surface area contributed by atoms with Crippen LogP contribution in [0.1, 0.15) is 11.1 Å². The standard InChI is InChI=1S/C22H26N4O2/c1-17-8-6-7-11-19(17)20-14-21(24-22(27)15-23-12-13-28-2)26(25-20)16-18-9-4-3-5-10-18/h3-11,14,23H,12-13,15-16H2,1-2H3,(H,24,27). The summed E-state index contributed by atoms with van der Waals surface area (Å²) >= 11 is 0. The van der Waals surface area contributed by atoms with Gasteiger partial charge in [0, 0.05) is 25.3 Å². The third-order valence-corrected chi connectivity index (χ3v) is 4.41. The van der Waals surface area contributed by atoms with Crippen LogP contribution in [0.3, 0.4) is 0 Å². The number of nitrogens with zero attached hydrogens (tertiary/aromatic N) is 2. The molecule has 0 fully saturated rings. The first kappa shape index (κ1) is 19.8. The molecule has 0 radical (unpaired) electrons. The summed E-state index contributed by atoms with van der Waals surface area (Å²) in [5.74, 6) is 0.572. The Kier molecular flexibility index (Phi) is 6.94. The second-order valence-electron chi connectivity index (χ2n) is 6.59. The van der Waals surface area contributed by atoms with Crippen LogP contribution in [0.2, 0.25) is 0 Å². The van der Waals surface area contributed by atoms with Gasteiger partial charge in [-0.25, -0.2) is 4.68 Å². The SMILES string of the molecule is COCCNCC(=O)Nc1cc(-c2ccccc2C)nn1Cc1ccccc1. The van der Waals surface area contributed by atoms with E-state index in [1.54, 1.807) is 7.11 Å². The number of aryl methyl sites for hydroxylation is 1. The molecule has 6 nitrogen and oxygen atoms in total. The van der Waals surface area contributed by atoms with Crippen molar-refractivity contribution in [1.29, 1.82) is 0 Å². The van der Waals surface area contributed by atoms with Gasteiger partial charge < -0.3 is 15.4 Å². The van der Waals surface area contributed by atoms with Crippen LogP contribution in [0.25, 0.3) is 11.3 Å². The summed E-state index contributed by atoms with van der Waals surface area (Å²) < 4.78 is 6.82. The van der Waals surface area contributed by atoms with Crippen molar-refractivity contribution >= 4 is 11.7 Å². The molecule has 1 amide bonds. The first-order chi connectivity index (χ1) is 13.7. The van der Waals surface area contributed by atoms with Gasteiger partial charge in [0.25, 0.3) is 0 Å². The summed E-state index contributed by atoms with van der Waals surface area (Å²) in [4.78, 5) is 12.3. The number of hydrogen-bond donors (Lipinski definition) is 2. The van der Waals surface area contributed by atoms with Crippen LogP contribution in [-0.4, -0.2) is 42.5 Å². The van der Waals surface area contributed by atoms with E-state index in [9.17, 15) is 4.79 Å². The van der Waals surface area contributed by atoms with Gasteiger partial charge in [0.2, 0.25) is 5.91 Å². The van der Waals surface area contributed by atoms with E-state index in [0.717, 1.165) is 22.4 Å². The number of anilines is 1. The lowest BCUT2D eigenvalue weighted by Gasteiger charge is -2.09. The van der Waals surface area contributed by atoms with Crippen molar-refractivity contribution in [2.24, 2.45) is 0 Å². The molecule has 3 aromatic rings. The van der Waals surface area contributed by atoms with Gasteiger partial charge in [-0.05, 0) is 18.1 Å². The molecule has 6 heteroatoms. The number of carbonyl (C=O) groups excluding carboxylic acids is 1. The Bertz CT molecular complexity index is 906. The smallest absolute Gasteiger partial charge is 0.239 e. The fourth-order valence-electron chi connectivity index (χ4n) is 2.95. The van der Waals surface area contributed by atoms with Gasteiger partial charge in [-0.3, -0.25) is 4.79 Å². The Labute approximate surface area is 165 Å². The number of carbonyl (C=O) groups is 1. The van der Waals surface area contributed by atoms with E-state index in [1.165, 1.54) is 0 Å². The van der Waals surface area contributed by atoms with Crippen LogP contribution in [0.15, 0.2) is 60.7 Å². The first-order valence-electron chi connectivity index (χ1n) is 9.34. The Hall–Kier alpha value is -2.96. The maximum absolute atomic E-state index is 12.3. The maximum atomic E-state index is 12.3. The predicted molar refractivity (Wildman–Crippen MR) is 111 cm³/mol. The van der Waals surface area contributed by atoms with Crippen LogP contribution < -0.4 is 10.6 Å². The van der Waals surface area contributed by atoms with Crippen molar-refractivity contribution in [2.75, 3.05) is 32.1 Å². The van der Waals surface area contributed by atoms with E-state index in [0.29, 0.717) is 25.5 Å². The Morgan fingerprint density at radius 3 is 2.61 bits per heavy atom. The number of ether oxygens (including phenoxy) is 1. The zero-order valence-corrected chi connectivity index (χ0v) is 16.3. The Morgan fingerprint density at radius 1 is 1.11 bits per heavy atom. The Balaban J connectivity index is 1.82. The highest BCUT2D eigenvalue weighted by atomic mass is 16.5. The molecule has 1 heterocycles. The van der Waals surface area contributed by atoms with Crippen molar-refractivity contribution < 1.29 is 9.53 Å². The zero-order chi connectivity index (χ0) is 19.8. The third kappa shape index (κ3) is 5.28. The van der Waals surface area contributed by atoms with E-state index in [-0.39, 0.29) is 12.5 Å². The average molecular weight is 378 g/mol. The molecule has 0 saturated heterocycles. The predicted octanol–water partition coefficient (Wildman–Crippen LogP) is 3.08. The van der Waals surface area contributed by atoms with Gasteiger partial charge in [0.15, 0.2) is 0 Å². The molecule has 28 heavy (non-hydrogen) atoms. The molecule has 3 rings (SSSR count). The molecule has 0 unspecified atom stereocenters. The number of nitrogens with one attached hydrogen (secondary N) is 2. The lowest BCUT2D eigenvalue weighted by molar-refractivity contribution is -0.115. The molecule has 2 aromatic carbocycles. The van der Waals surface area contributed by atoms with Gasteiger partial charge in [0.1, 0.15) is 5.82 Å². The van der Waals surface area contributed by atoms with Crippen molar-refractivity contribution in [2.45, 2.75) is 13.5 Å². The second kappa shape index (κ2) is 9.82. The van der Waals surface area contributed by atoms with Gasteiger partial charge in [-0.15, -0.1) is 0 Å². The summed E-state index contributed by atoms with van der Waals surface area (Å²) in [5, 5.41) is 10.8. The van der Waals surface area contributed by atoms with Crippen LogP contribution >= 0.6 is 0 Å². The molecule has 1 aromatic heterocycles. The topological polar surface area (TPSA) is 68.2 Å². The number of methoxy groups -OCH3 is 1. The lowest BCUT2D eigenvalue weighted by atomic mass is 10.1. The zero-order valence-electron chi connectivity index (χ0n) is 16.3. The van der Waals surface area contributed by atoms with E-state index in [2.05, 4.69) is 23.6 Å². The van der Waals surface area contributed by atoms with Crippen LogP contribution in [-0.2, 0) is 16.1 Å². The highest BCUT2D eigenvalue weighted by molar-refractivity contribution is 5.92. The van der Waals surface area contributed by atoms with Gasteiger partial charge in [-0.2, -0.15) is 5.10 Å². The van der Waals surface area contributed by atoms with Crippen molar-refractivity contribution in [3.63, 3.8) is 0 Å². The van der Waals surface area contributed by atoms with Gasteiger partial charge >= 0.3 is 0 Å². The molecule has 0 aliphatic rings. The van der Waals surface area contributed by atoms with Gasteiger partial charge in [0.05, 0.1) is 25.4 Å². The normalized spacial score (nSPS) is 10.8. The van der Waals surface area contributed by atoms with Crippen molar-refractivity contribution in [3.05, 3.63) is 71.8 Å². The van der Waals surface area contributed by atoms with Crippen LogP contribution in [0.5, 0.6) is 0 Å². The third-order valence-electron chi connectivity index (χ3n) is 4.41.